The maximum Gasteiger partial charge on any atom is 0.260 e. The highest BCUT2D eigenvalue weighted by molar-refractivity contribution is 6.05. The van der Waals surface area contributed by atoms with Crippen molar-refractivity contribution in [2.75, 3.05) is 33.4 Å². The molecule has 3 rings (SSSR count). The van der Waals surface area contributed by atoms with Crippen molar-refractivity contribution < 1.29 is 28.7 Å². The molecule has 2 aliphatic heterocycles. The first kappa shape index (κ1) is 23.2. The smallest absolute Gasteiger partial charge is 0.260 e. The zero-order chi connectivity index (χ0) is 22.6. The van der Waals surface area contributed by atoms with E-state index >= 15 is 0 Å². The van der Waals surface area contributed by atoms with Crippen molar-refractivity contribution in [3.63, 3.8) is 0 Å². The Morgan fingerprint density at radius 2 is 1.87 bits per heavy atom. The maximum absolute atomic E-state index is 13.2. The van der Waals surface area contributed by atoms with E-state index in [0.717, 1.165) is 12.0 Å². The number of hydrogen-bond acceptors (Lipinski definition) is 5. The highest BCUT2D eigenvalue weighted by Crippen LogP contribution is 2.36. The van der Waals surface area contributed by atoms with E-state index in [0.29, 0.717) is 48.3 Å². The van der Waals surface area contributed by atoms with Gasteiger partial charge < -0.3 is 14.7 Å². The normalized spacial score (nSPS) is 24.3. The number of aryl methyl sites for hydroxylation is 1. The second kappa shape index (κ2) is 9.75. The number of benzene rings is 1. The lowest BCUT2D eigenvalue weighted by atomic mass is 9.93. The molecule has 1 N–H and O–H groups in total. The molecule has 0 spiro atoms. The first-order chi connectivity index (χ1) is 14.8. The number of likely N-dealkylation sites (tertiary alicyclic amines) is 1. The largest absolute Gasteiger partial charge is 0.486 e. The number of rotatable bonds is 8. The minimum Gasteiger partial charge on any atom is -0.486 e. The molecule has 1 fully saturated rings. The summed E-state index contributed by atoms with van der Waals surface area (Å²) in [5, 5.41) is 9.13. The summed E-state index contributed by atoms with van der Waals surface area (Å²) >= 11 is 0. The monoisotopic (exact) mass is 429 g/mol. The zero-order valence-corrected chi connectivity index (χ0v) is 18.7. The number of piperidine rings is 1. The Balaban J connectivity index is 1.84. The van der Waals surface area contributed by atoms with Gasteiger partial charge in [-0.15, -0.1) is 0 Å². The van der Waals surface area contributed by atoms with Gasteiger partial charge >= 0.3 is 0 Å². The Labute approximate surface area is 183 Å². The second-order valence-corrected chi connectivity index (χ2v) is 8.44. The number of carbonyl (C=O) groups excluding carboxylic acids is 3. The van der Waals surface area contributed by atoms with E-state index in [2.05, 4.69) is 0 Å². The molecule has 2 aliphatic rings. The standard InChI is InChI=1S/C24H33N2O5/c1-4-17-8-6-7-9-19(17)21(28)14-20-24(30)22(31-5-2)15-26(20,3)18-10-12-25(13-11-18)23(29)16-27/h6-9,15,18,20,27H,4-5,10-14,16H2,1-3H3/q+1. The fourth-order valence-corrected chi connectivity index (χ4v) is 4.89. The SMILES string of the molecule is CCOC1=C[N+](C)(C2CCN(C(=O)CO)CC2)C(CC(=O)c2ccccc2CC)C1=O. The number of hydrogen-bond donors (Lipinski definition) is 1. The van der Waals surface area contributed by atoms with Crippen molar-refractivity contribution in [1.29, 1.82) is 0 Å². The molecule has 0 bridgehead atoms. The van der Waals surface area contributed by atoms with E-state index in [9.17, 15) is 14.4 Å². The number of aliphatic hydroxyl groups excluding tert-OH is 1. The molecule has 168 valence electrons. The van der Waals surface area contributed by atoms with Crippen LogP contribution >= 0.6 is 0 Å². The van der Waals surface area contributed by atoms with Gasteiger partial charge in [0.1, 0.15) is 12.8 Å². The molecular formula is C24H33N2O5+. The third-order valence-corrected chi connectivity index (χ3v) is 6.73. The highest BCUT2D eigenvalue weighted by Gasteiger charge is 2.52. The van der Waals surface area contributed by atoms with Crippen LogP contribution in [0.1, 0.15) is 49.0 Å². The van der Waals surface area contributed by atoms with Crippen LogP contribution in [0, 0.1) is 0 Å². The Kier molecular flexibility index (Phi) is 7.28. The summed E-state index contributed by atoms with van der Waals surface area (Å²) in [4.78, 5) is 40.0. The van der Waals surface area contributed by atoms with Crippen LogP contribution in [-0.2, 0) is 20.7 Å². The van der Waals surface area contributed by atoms with Gasteiger partial charge in [0.15, 0.2) is 11.8 Å². The van der Waals surface area contributed by atoms with Gasteiger partial charge in [0, 0.05) is 31.5 Å². The first-order valence-electron chi connectivity index (χ1n) is 11.1. The van der Waals surface area contributed by atoms with Crippen LogP contribution in [0.5, 0.6) is 0 Å². The van der Waals surface area contributed by atoms with Crippen LogP contribution in [0.25, 0.3) is 0 Å². The second-order valence-electron chi connectivity index (χ2n) is 8.44. The third-order valence-electron chi connectivity index (χ3n) is 6.73. The fourth-order valence-electron chi connectivity index (χ4n) is 4.89. The van der Waals surface area contributed by atoms with Gasteiger partial charge in [0.05, 0.1) is 26.1 Å². The van der Waals surface area contributed by atoms with Crippen LogP contribution in [-0.4, -0.2) is 77.4 Å². The molecule has 7 nitrogen and oxygen atoms in total. The lowest BCUT2D eigenvalue weighted by molar-refractivity contribution is -0.898. The Bertz CT molecular complexity index is 872. The van der Waals surface area contributed by atoms with E-state index < -0.39 is 12.6 Å². The fraction of sp³-hybridized carbons (Fsp3) is 0.542. The van der Waals surface area contributed by atoms with Crippen molar-refractivity contribution in [2.45, 2.75) is 51.6 Å². The minimum atomic E-state index is -0.538. The van der Waals surface area contributed by atoms with Gasteiger partial charge in [-0.05, 0) is 18.9 Å². The Hall–Kier alpha value is -2.51. The van der Waals surface area contributed by atoms with Crippen molar-refractivity contribution in [1.82, 2.24) is 4.90 Å². The average molecular weight is 430 g/mol. The van der Waals surface area contributed by atoms with Crippen molar-refractivity contribution in [3.8, 4) is 0 Å². The predicted molar refractivity (Wildman–Crippen MR) is 116 cm³/mol. The zero-order valence-electron chi connectivity index (χ0n) is 18.7. The van der Waals surface area contributed by atoms with E-state index in [-0.39, 0.29) is 29.9 Å². The predicted octanol–water partition coefficient (Wildman–Crippen LogP) is 2.08. The summed E-state index contributed by atoms with van der Waals surface area (Å²) in [7, 11) is 1.99. The number of aliphatic hydroxyl groups is 1. The Morgan fingerprint density at radius 1 is 1.19 bits per heavy atom. The summed E-state index contributed by atoms with van der Waals surface area (Å²) in [6.45, 7) is 4.82. The number of nitrogens with zero attached hydrogens (tertiary/aromatic N) is 2. The molecular weight excluding hydrogens is 396 g/mol. The summed E-state index contributed by atoms with van der Waals surface area (Å²) in [6, 6.07) is 7.12. The van der Waals surface area contributed by atoms with Crippen molar-refractivity contribution >= 4 is 17.5 Å². The van der Waals surface area contributed by atoms with E-state index in [1.165, 1.54) is 0 Å². The lowest BCUT2D eigenvalue weighted by Crippen LogP contribution is -2.59. The molecule has 1 aromatic carbocycles. The molecule has 31 heavy (non-hydrogen) atoms. The number of amides is 1. The van der Waals surface area contributed by atoms with Gasteiger partial charge in [-0.25, -0.2) is 0 Å². The number of Topliss-reactive ketones (excluding diaryl/α,β-unsaturated/α-hetero) is 2. The topological polar surface area (TPSA) is 83.9 Å². The summed E-state index contributed by atoms with van der Waals surface area (Å²) < 4.78 is 5.94. The molecule has 1 aromatic rings. The number of ether oxygens (including phenoxy) is 1. The van der Waals surface area contributed by atoms with Gasteiger partial charge in [0.25, 0.3) is 5.78 Å². The highest BCUT2D eigenvalue weighted by atomic mass is 16.5. The molecule has 2 atom stereocenters. The lowest BCUT2D eigenvalue weighted by Gasteiger charge is -2.43. The molecule has 0 radical (unpaired) electrons. The van der Waals surface area contributed by atoms with E-state index in [1.807, 2.05) is 51.4 Å². The summed E-state index contributed by atoms with van der Waals surface area (Å²) in [5.74, 6) is -0.0905. The van der Waals surface area contributed by atoms with E-state index in [4.69, 9.17) is 9.84 Å². The van der Waals surface area contributed by atoms with Crippen LogP contribution in [0.3, 0.4) is 0 Å². The summed E-state index contributed by atoms with van der Waals surface area (Å²) in [5.41, 5.74) is 1.67. The van der Waals surface area contributed by atoms with Crippen LogP contribution in [0.2, 0.25) is 0 Å². The first-order valence-corrected chi connectivity index (χ1v) is 11.1. The molecule has 1 amide bonds. The summed E-state index contributed by atoms with van der Waals surface area (Å²) in [6.07, 6.45) is 4.13. The third kappa shape index (κ3) is 4.57. The molecule has 2 unspecified atom stereocenters. The molecule has 0 aliphatic carbocycles. The molecule has 7 heteroatoms. The van der Waals surface area contributed by atoms with Crippen molar-refractivity contribution in [2.24, 2.45) is 0 Å². The number of likely N-dealkylation sites (N-methyl/N-ethyl adjacent to an activating group) is 1. The van der Waals surface area contributed by atoms with Gasteiger partial charge in [-0.1, -0.05) is 31.2 Å². The Morgan fingerprint density at radius 3 is 2.48 bits per heavy atom. The molecule has 2 heterocycles. The van der Waals surface area contributed by atoms with E-state index in [1.54, 1.807) is 4.90 Å². The van der Waals surface area contributed by atoms with Crippen LogP contribution in [0.15, 0.2) is 36.2 Å². The van der Waals surface area contributed by atoms with Gasteiger partial charge in [-0.2, -0.15) is 0 Å². The van der Waals surface area contributed by atoms with Crippen LogP contribution in [0.4, 0.5) is 0 Å². The van der Waals surface area contributed by atoms with Crippen LogP contribution < -0.4 is 0 Å². The van der Waals surface area contributed by atoms with Gasteiger partial charge in [0.2, 0.25) is 11.7 Å². The number of carbonyl (C=O) groups is 3. The molecule has 1 saturated heterocycles. The maximum atomic E-state index is 13.2. The van der Waals surface area contributed by atoms with Crippen molar-refractivity contribution in [3.05, 3.63) is 47.4 Å². The quantitative estimate of drug-likeness (QED) is 0.505. The molecule has 0 saturated carbocycles. The van der Waals surface area contributed by atoms with Gasteiger partial charge in [-0.3, -0.25) is 18.9 Å². The average Bonchev–Trinajstić information content (AvgIpc) is 3.04. The minimum absolute atomic E-state index is 0.0285. The number of quaternary nitrogens is 1. The molecule has 0 aromatic heterocycles. The number of ketones is 2.